The predicted octanol–water partition coefficient (Wildman–Crippen LogP) is 1.64. The van der Waals surface area contributed by atoms with Crippen LogP contribution in [0.5, 0.6) is 0 Å². The zero-order valence-corrected chi connectivity index (χ0v) is 13.4. The second-order valence-corrected chi connectivity index (χ2v) is 6.20. The number of rotatable bonds is 3. The molecule has 0 radical (unpaired) electrons. The maximum atomic E-state index is 12.6. The van der Waals surface area contributed by atoms with Gasteiger partial charge in [0.15, 0.2) is 5.58 Å². The third-order valence-corrected chi connectivity index (χ3v) is 4.52. The van der Waals surface area contributed by atoms with Crippen LogP contribution in [-0.4, -0.2) is 38.4 Å². The van der Waals surface area contributed by atoms with Gasteiger partial charge in [0.05, 0.1) is 5.52 Å². The summed E-state index contributed by atoms with van der Waals surface area (Å²) in [5.74, 6) is 0.575. The molecule has 0 bridgehead atoms. The third kappa shape index (κ3) is 2.51. The number of nitrogens with zero attached hydrogens (tertiary/aromatic N) is 3. The van der Waals surface area contributed by atoms with Crippen molar-refractivity contribution in [3.05, 3.63) is 52.5 Å². The molecule has 1 aromatic carbocycles. The lowest BCUT2D eigenvalue weighted by Crippen LogP contribution is -2.34. The molecule has 4 rings (SSSR count). The Balaban J connectivity index is 1.50. The standard InChI is InChI=1S/C17H18N4O3/c1-11-8-18-16(19-11)12-6-7-20(9-12)15(22)10-21-13-4-2-3-5-14(13)24-17(21)23/h2-5,8,12H,6-7,9-10H2,1H3,(H,18,19)/t12-/m0/s1. The first-order valence-electron chi connectivity index (χ1n) is 7.99. The van der Waals surface area contributed by atoms with Gasteiger partial charge in [0.1, 0.15) is 12.4 Å². The number of likely N-dealkylation sites (tertiary alicyclic amines) is 1. The van der Waals surface area contributed by atoms with E-state index in [4.69, 9.17) is 4.42 Å². The highest BCUT2D eigenvalue weighted by atomic mass is 16.4. The summed E-state index contributed by atoms with van der Waals surface area (Å²) in [6, 6.07) is 7.13. The van der Waals surface area contributed by atoms with Crippen molar-refractivity contribution in [1.29, 1.82) is 0 Å². The molecule has 1 amide bonds. The zero-order chi connectivity index (χ0) is 16.7. The highest BCUT2D eigenvalue weighted by molar-refractivity contribution is 5.79. The van der Waals surface area contributed by atoms with Gasteiger partial charge in [-0.2, -0.15) is 0 Å². The molecule has 7 nitrogen and oxygen atoms in total. The molecule has 1 aliphatic heterocycles. The molecule has 124 valence electrons. The van der Waals surface area contributed by atoms with Crippen LogP contribution in [-0.2, 0) is 11.3 Å². The Labute approximate surface area is 137 Å². The van der Waals surface area contributed by atoms with E-state index in [1.807, 2.05) is 13.0 Å². The van der Waals surface area contributed by atoms with E-state index in [2.05, 4.69) is 9.97 Å². The number of aromatic amines is 1. The molecule has 3 aromatic rings. The topological polar surface area (TPSA) is 84.1 Å². The van der Waals surface area contributed by atoms with Gasteiger partial charge in [0, 0.05) is 30.9 Å². The minimum Gasteiger partial charge on any atom is -0.408 e. The minimum atomic E-state index is -0.498. The van der Waals surface area contributed by atoms with Crippen molar-refractivity contribution in [2.45, 2.75) is 25.8 Å². The van der Waals surface area contributed by atoms with E-state index in [9.17, 15) is 9.59 Å². The Hall–Kier alpha value is -2.83. The maximum Gasteiger partial charge on any atom is 0.420 e. The van der Waals surface area contributed by atoms with E-state index in [1.54, 1.807) is 29.3 Å². The number of carbonyl (C=O) groups is 1. The van der Waals surface area contributed by atoms with E-state index < -0.39 is 5.76 Å². The lowest BCUT2D eigenvalue weighted by molar-refractivity contribution is -0.130. The van der Waals surface area contributed by atoms with Gasteiger partial charge in [-0.15, -0.1) is 0 Å². The van der Waals surface area contributed by atoms with Gasteiger partial charge in [0.25, 0.3) is 0 Å². The SMILES string of the molecule is Cc1cnc([C@H]2CCN(C(=O)Cn3c(=O)oc4ccccc43)C2)[nH]1. The first kappa shape index (κ1) is 14.7. The number of aromatic nitrogens is 3. The molecule has 1 atom stereocenters. The van der Waals surface area contributed by atoms with Crippen molar-refractivity contribution in [2.75, 3.05) is 13.1 Å². The van der Waals surface area contributed by atoms with Gasteiger partial charge < -0.3 is 14.3 Å². The molecule has 1 fully saturated rings. The van der Waals surface area contributed by atoms with Crippen LogP contribution < -0.4 is 5.76 Å². The third-order valence-electron chi connectivity index (χ3n) is 4.52. The smallest absolute Gasteiger partial charge is 0.408 e. The first-order chi connectivity index (χ1) is 11.6. The largest absolute Gasteiger partial charge is 0.420 e. The van der Waals surface area contributed by atoms with E-state index in [0.29, 0.717) is 24.2 Å². The van der Waals surface area contributed by atoms with Crippen LogP contribution in [0.25, 0.3) is 11.1 Å². The number of hydrogen-bond donors (Lipinski definition) is 1. The Morgan fingerprint density at radius 3 is 3.04 bits per heavy atom. The van der Waals surface area contributed by atoms with Crippen LogP contribution in [0, 0.1) is 6.92 Å². The van der Waals surface area contributed by atoms with E-state index in [-0.39, 0.29) is 18.4 Å². The van der Waals surface area contributed by atoms with E-state index >= 15 is 0 Å². The molecular weight excluding hydrogens is 308 g/mol. The number of amides is 1. The van der Waals surface area contributed by atoms with Crippen molar-refractivity contribution in [1.82, 2.24) is 19.4 Å². The number of carbonyl (C=O) groups excluding carboxylic acids is 1. The quantitative estimate of drug-likeness (QED) is 0.793. The number of aryl methyl sites for hydroxylation is 1. The molecule has 0 saturated carbocycles. The van der Waals surface area contributed by atoms with Crippen molar-refractivity contribution in [3.8, 4) is 0 Å². The van der Waals surface area contributed by atoms with E-state index in [1.165, 1.54) is 4.57 Å². The number of benzene rings is 1. The predicted molar refractivity (Wildman–Crippen MR) is 87.7 cm³/mol. The maximum absolute atomic E-state index is 12.6. The van der Waals surface area contributed by atoms with Crippen molar-refractivity contribution >= 4 is 17.0 Å². The van der Waals surface area contributed by atoms with Crippen molar-refractivity contribution in [3.63, 3.8) is 0 Å². The number of hydrogen-bond acceptors (Lipinski definition) is 4. The second-order valence-electron chi connectivity index (χ2n) is 6.20. The minimum absolute atomic E-state index is 0.000249. The molecule has 2 aromatic heterocycles. The lowest BCUT2D eigenvalue weighted by Gasteiger charge is -2.16. The summed E-state index contributed by atoms with van der Waals surface area (Å²) in [7, 11) is 0. The average molecular weight is 326 g/mol. The number of H-pyrrole nitrogens is 1. The van der Waals surface area contributed by atoms with Gasteiger partial charge in [0.2, 0.25) is 5.91 Å². The average Bonchev–Trinajstić information content (AvgIpc) is 3.27. The molecule has 0 spiro atoms. The van der Waals surface area contributed by atoms with Gasteiger partial charge in [-0.25, -0.2) is 9.78 Å². The van der Waals surface area contributed by atoms with Crippen LogP contribution in [0.1, 0.15) is 23.9 Å². The van der Waals surface area contributed by atoms with Crippen LogP contribution in [0.15, 0.2) is 39.7 Å². The van der Waals surface area contributed by atoms with Crippen LogP contribution in [0.3, 0.4) is 0 Å². The first-order valence-corrected chi connectivity index (χ1v) is 7.99. The molecule has 1 saturated heterocycles. The van der Waals surface area contributed by atoms with Crippen molar-refractivity contribution < 1.29 is 9.21 Å². The number of imidazole rings is 1. The number of nitrogens with one attached hydrogen (secondary N) is 1. The molecule has 0 unspecified atom stereocenters. The number of oxazole rings is 1. The zero-order valence-electron chi connectivity index (χ0n) is 13.4. The summed E-state index contributed by atoms with van der Waals surface area (Å²) in [6.07, 6.45) is 2.68. The molecule has 3 heterocycles. The summed E-state index contributed by atoms with van der Waals surface area (Å²) >= 11 is 0. The molecule has 1 aliphatic rings. The normalized spacial score (nSPS) is 17.7. The van der Waals surface area contributed by atoms with Gasteiger partial charge >= 0.3 is 5.76 Å². The van der Waals surface area contributed by atoms with E-state index in [0.717, 1.165) is 17.9 Å². The fraction of sp³-hybridized carbons (Fsp3) is 0.353. The summed E-state index contributed by atoms with van der Waals surface area (Å²) in [6.45, 7) is 3.26. The molecular formula is C17H18N4O3. The summed E-state index contributed by atoms with van der Waals surface area (Å²) in [5.41, 5.74) is 2.17. The van der Waals surface area contributed by atoms with Gasteiger partial charge in [-0.05, 0) is 25.5 Å². The molecule has 24 heavy (non-hydrogen) atoms. The van der Waals surface area contributed by atoms with Gasteiger partial charge in [-0.1, -0.05) is 12.1 Å². The summed E-state index contributed by atoms with van der Waals surface area (Å²) in [5, 5.41) is 0. The fourth-order valence-corrected chi connectivity index (χ4v) is 3.25. The fourth-order valence-electron chi connectivity index (χ4n) is 3.25. The molecule has 1 N–H and O–H groups in total. The monoisotopic (exact) mass is 326 g/mol. The van der Waals surface area contributed by atoms with Crippen LogP contribution in [0.4, 0.5) is 0 Å². The Kier molecular flexibility index (Phi) is 3.48. The molecule has 7 heteroatoms. The highest BCUT2D eigenvalue weighted by Gasteiger charge is 2.29. The Morgan fingerprint density at radius 2 is 2.25 bits per heavy atom. The van der Waals surface area contributed by atoms with Gasteiger partial charge in [-0.3, -0.25) is 9.36 Å². The Bertz CT molecular complexity index is 952. The highest BCUT2D eigenvalue weighted by Crippen LogP contribution is 2.25. The summed E-state index contributed by atoms with van der Waals surface area (Å²) < 4.78 is 6.57. The van der Waals surface area contributed by atoms with Crippen LogP contribution in [0.2, 0.25) is 0 Å². The van der Waals surface area contributed by atoms with Crippen LogP contribution >= 0.6 is 0 Å². The lowest BCUT2D eigenvalue weighted by atomic mass is 10.1. The molecule has 0 aliphatic carbocycles. The number of fused-ring (bicyclic) bond motifs is 1. The second kappa shape index (κ2) is 5.67. The number of para-hydroxylation sites is 2. The van der Waals surface area contributed by atoms with Crippen molar-refractivity contribution in [2.24, 2.45) is 0 Å². The summed E-state index contributed by atoms with van der Waals surface area (Å²) in [4.78, 5) is 34.0. The Morgan fingerprint density at radius 1 is 1.42 bits per heavy atom.